The van der Waals surface area contributed by atoms with E-state index in [4.69, 9.17) is 10.2 Å². The summed E-state index contributed by atoms with van der Waals surface area (Å²) in [7, 11) is 0. The van der Waals surface area contributed by atoms with E-state index < -0.39 is 0 Å². The van der Waals surface area contributed by atoms with Gasteiger partial charge in [-0.15, -0.1) is 0 Å². The van der Waals surface area contributed by atoms with Crippen molar-refractivity contribution >= 4 is 0 Å². The maximum Gasteiger partial charge on any atom is 0.119 e. The summed E-state index contributed by atoms with van der Waals surface area (Å²) in [6.07, 6.45) is 25.7. The van der Waals surface area contributed by atoms with Crippen LogP contribution >= 0.6 is 0 Å². The molecule has 198 valence electrons. The minimum absolute atomic E-state index is 0.324. The minimum Gasteiger partial charge on any atom is -0.508 e. The lowest BCUT2D eigenvalue weighted by molar-refractivity contribution is 0.282. The average molecular weight is 479 g/mol. The molecular weight excluding hydrogens is 424 g/mol. The SMILES string of the molecule is OCCCCCCCCCCCCc1c(O)ccc(O)c1CCCCCCCCCCCCO. The van der Waals surface area contributed by atoms with Crippen LogP contribution in [0.4, 0.5) is 0 Å². The first-order chi connectivity index (χ1) is 16.7. The van der Waals surface area contributed by atoms with Crippen LogP contribution in [0.2, 0.25) is 0 Å². The normalized spacial score (nSPS) is 11.4. The number of aromatic hydroxyl groups is 2. The van der Waals surface area contributed by atoms with E-state index in [9.17, 15) is 10.2 Å². The predicted molar refractivity (Wildman–Crippen MR) is 144 cm³/mol. The molecule has 0 saturated heterocycles. The molecule has 1 aromatic carbocycles. The van der Waals surface area contributed by atoms with E-state index in [0.717, 1.165) is 62.5 Å². The van der Waals surface area contributed by atoms with Crippen molar-refractivity contribution in [2.75, 3.05) is 13.2 Å². The van der Waals surface area contributed by atoms with Gasteiger partial charge >= 0.3 is 0 Å². The topological polar surface area (TPSA) is 80.9 Å². The summed E-state index contributed by atoms with van der Waals surface area (Å²) in [5.41, 5.74) is 1.93. The van der Waals surface area contributed by atoms with Crippen LogP contribution < -0.4 is 0 Å². The molecule has 0 radical (unpaired) electrons. The smallest absolute Gasteiger partial charge is 0.119 e. The van der Waals surface area contributed by atoms with Crippen LogP contribution in [0.25, 0.3) is 0 Å². The van der Waals surface area contributed by atoms with Gasteiger partial charge in [-0.25, -0.2) is 0 Å². The van der Waals surface area contributed by atoms with Gasteiger partial charge in [-0.2, -0.15) is 0 Å². The lowest BCUT2D eigenvalue weighted by atomic mass is 9.94. The Balaban J connectivity index is 2.17. The first-order valence-corrected chi connectivity index (χ1v) is 14.4. The number of rotatable bonds is 24. The van der Waals surface area contributed by atoms with Gasteiger partial charge in [-0.1, -0.05) is 103 Å². The number of unbranched alkanes of at least 4 members (excludes halogenated alkanes) is 18. The van der Waals surface area contributed by atoms with E-state index in [-0.39, 0.29) is 0 Å². The van der Waals surface area contributed by atoms with Gasteiger partial charge in [-0.05, 0) is 50.7 Å². The van der Waals surface area contributed by atoms with Gasteiger partial charge in [0.1, 0.15) is 11.5 Å². The molecule has 4 nitrogen and oxygen atoms in total. The van der Waals surface area contributed by atoms with Crippen molar-refractivity contribution < 1.29 is 20.4 Å². The summed E-state index contributed by atoms with van der Waals surface area (Å²) in [4.78, 5) is 0. The van der Waals surface area contributed by atoms with E-state index in [0.29, 0.717) is 24.7 Å². The second kappa shape index (κ2) is 22.2. The predicted octanol–water partition coefficient (Wildman–Crippen LogP) is 7.97. The molecule has 0 saturated carbocycles. The van der Waals surface area contributed by atoms with Crippen LogP contribution in [0.15, 0.2) is 12.1 Å². The highest BCUT2D eigenvalue weighted by Gasteiger charge is 2.12. The van der Waals surface area contributed by atoms with E-state index in [1.165, 1.54) is 89.9 Å². The fraction of sp³-hybridized carbons (Fsp3) is 0.800. The van der Waals surface area contributed by atoms with Crippen molar-refractivity contribution in [2.24, 2.45) is 0 Å². The Bertz CT molecular complexity index is 536. The van der Waals surface area contributed by atoms with Gasteiger partial charge < -0.3 is 20.4 Å². The zero-order valence-corrected chi connectivity index (χ0v) is 21.9. The Morgan fingerprint density at radius 3 is 0.853 bits per heavy atom. The molecule has 0 aromatic heterocycles. The maximum absolute atomic E-state index is 10.4. The number of benzene rings is 1. The van der Waals surface area contributed by atoms with Crippen molar-refractivity contribution in [2.45, 2.75) is 141 Å². The Morgan fingerprint density at radius 1 is 0.353 bits per heavy atom. The Morgan fingerprint density at radius 2 is 0.588 bits per heavy atom. The second-order valence-corrected chi connectivity index (χ2v) is 10.1. The van der Waals surface area contributed by atoms with E-state index in [1.807, 2.05) is 0 Å². The van der Waals surface area contributed by atoms with E-state index in [1.54, 1.807) is 12.1 Å². The summed E-state index contributed by atoms with van der Waals surface area (Å²) in [6.45, 7) is 0.647. The minimum atomic E-state index is 0.324. The third kappa shape index (κ3) is 15.6. The highest BCUT2D eigenvalue weighted by molar-refractivity contribution is 5.47. The molecule has 0 spiro atoms. The quantitative estimate of drug-likeness (QED) is 0.0897. The Hall–Kier alpha value is -1.26. The van der Waals surface area contributed by atoms with Crippen LogP contribution in [0.3, 0.4) is 0 Å². The van der Waals surface area contributed by atoms with Gasteiger partial charge in [-0.3, -0.25) is 0 Å². The van der Waals surface area contributed by atoms with Crippen molar-refractivity contribution in [1.29, 1.82) is 0 Å². The summed E-state index contributed by atoms with van der Waals surface area (Å²) < 4.78 is 0. The molecule has 0 aliphatic rings. The van der Waals surface area contributed by atoms with E-state index >= 15 is 0 Å². The fourth-order valence-corrected chi connectivity index (χ4v) is 4.88. The molecule has 1 aromatic rings. The van der Waals surface area contributed by atoms with E-state index in [2.05, 4.69) is 0 Å². The zero-order chi connectivity index (χ0) is 24.7. The largest absolute Gasteiger partial charge is 0.508 e. The summed E-state index contributed by atoms with van der Waals surface area (Å²) in [5.74, 6) is 0.689. The van der Waals surface area contributed by atoms with Crippen LogP contribution in [0.1, 0.15) is 140 Å². The Kier molecular flexibility index (Phi) is 20.1. The molecular formula is C30H54O4. The standard InChI is InChI=1S/C30H54O4/c31-25-19-15-11-7-3-1-5-9-13-17-21-27-28(30(34)24-23-29(27)33)22-18-14-10-6-2-4-8-12-16-20-26-32/h23-24,31-34H,1-22,25-26H2. The second-order valence-electron chi connectivity index (χ2n) is 10.1. The van der Waals surface area contributed by atoms with Crippen LogP contribution in [-0.4, -0.2) is 33.6 Å². The van der Waals surface area contributed by atoms with Gasteiger partial charge in [0.15, 0.2) is 0 Å². The van der Waals surface area contributed by atoms with Crippen molar-refractivity contribution in [3.05, 3.63) is 23.3 Å². The molecule has 0 fully saturated rings. The van der Waals surface area contributed by atoms with Crippen molar-refractivity contribution in [3.8, 4) is 11.5 Å². The first-order valence-electron chi connectivity index (χ1n) is 14.4. The molecule has 0 unspecified atom stereocenters. The van der Waals surface area contributed by atoms with Gasteiger partial charge in [0.2, 0.25) is 0 Å². The summed E-state index contributed by atoms with van der Waals surface area (Å²) in [6, 6.07) is 3.29. The number of hydrogen-bond donors (Lipinski definition) is 4. The molecule has 0 amide bonds. The molecule has 4 heteroatoms. The highest BCUT2D eigenvalue weighted by atomic mass is 16.3. The fourth-order valence-electron chi connectivity index (χ4n) is 4.88. The van der Waals surface area contributed by atoms with Crippen LogP contribution in [0.5, 0.6) is 11.5 Å². The first kappa shape index (κ1) is 30.8. The molecule has 0 aliphatic carbocycles. The van der Waals surface area contributed by atoms with Crippen molar-refractivity contribution in [1.82, 2.24) is 0 Å². The highest BCUT2D eigenvalue weighted by Crippen LogP contribution is 2.32. The Labute approximate surface area is 209 Å². The number of aliphatic hydroxyl groups excluding tert-OH is 2. The summed E-state index contributed by atoms with van der Waals surface area (Å²) >= 11 is 0. The molecule has 0 bridgehead atoms. The third-order valence-electron chi connectivity index (χ3n) is 7.05. The number of aliphatic hydroxyl groups is 2. The lowest BCUT2D eigenvalue weighted by Gasteiger charge is -2.14. The molecule has 34 heavy (non-hydrogen) atoms. The molecule has 0 atom stereocenters. The molecule has 0 aliphatic heterocycles. The molecule has 1 rings (SSSR count). The van der Waals surface area contributed by atoms with Gasteiger partial charge in [0.05, 0.1) is 0 Å². The molecule has 4 N–H and O–H groups in total. The van der Waals surface area contributed by atoms with Crippen molar-refractivity contribution in [3.63, 3.8) is 0 Å². The van der Waals surface area contributed by atoms with Crippen LogP contribution in [-0.2, 0) is 12.8 Å². The average Bonchev–Trinajstić information content (AvgIpc) is 2.84. The third-order valence-corrected chi connectivity index (χ3v) is 7.05. The number of phenolic OH excluding ortho intramolecular Hbond substituents is 2. The summed E-state index contributed by atoms with van der Waals surface area (Å²) in [5, 5.41) is 38.4. The van der Waals surface area contributed by atoms with Gasteiger partial charge in [0, 0.05) is 24.3 Å². The monoisotopic (exact) mass is 478 g/mol. The molecule has 0 heterocycles. The lowest BCUT2D eigenvalue weighted by Crippen LogP contribution is -1.97. The van der Waals surface area contributed by atoms with Gasteiger partial charge in [0.25, 0.3) is 0 Å². The number of hydrogen-bond acceptors (Lipinski definition) is 4. The number of phenols is 2. The maximum atomic E-state index is 10.4. The van der Waals surface area contributed by atoms with Crippen LogP contribution in [0, 0.1) is 0 Å². The zero-order valence-electron chi connectivity index (χ0n) is 21.9.